The zero-order valence-corrected chi connectivity index (χ0v) is 14.8. The topological polar surface area (TPSA) is 91.1 Å². The zero-order valence-electron chi connectivity index (χ0n) is 14.8. The lowest BCUT2D eigenvalue weighted by atomic mass is 10.1. The number of fused-ring (bicyclic) bond motifs is 1. The third kappa shape index (κ3) is 3.46. The van der Waals surface area contributed by atoms with Crippen molar-refractivity contribution >= 4 is 39.9 Å². The molecule has 2 aromatic carbocycles. The average molecular weight is 361 g/mol. The number of ketones is 1. The van der Waals surface area contributed by atoms with Gasteiger partial charge in [-0.3, -0.25) is 14.4 Å². The van der Waals surface area contributed by atoms with Gasteiger partial charge in [-0.05, 0) is 43.5 Å². The van der Waals surface area contributed by atoms with E-state index in [1.165, 1.54) is 0 Å². The first-order valence-corrected chi connectivity index (χ1v) is 8.87. The molecule has 0 atom stereocenters. The van der Waals surface area contributed by atoms with Gasteiger partial charge in [-0.15, -0.1) is 0 Å². The number of H-pyrrole nitrogens is 1. The molecule has 6 heteroatoms. The van der Waals surface area contributed by atoms with Crippen LogP contribution >= 0.6 is 0 Å². The van der Waals surface area contributed by atoms with Gasteiger partial charge in [-0.2, -0.15) is 0 Å². The zero-order chi connectivity index (χ0) is 19.0. The summed E-state index contributed by atoms with van der Waals surface area (Å²) in [5.41, 5.74) is 3.06. The first-order chi connectivity index (χ1) is 13.0. The lowest BCUT2D eigenvalue weighted by Crippen LogP contribution is -2.29. The van der Waals surface area contributed by atoms with Gasteiger partial charge in [0.25, 0.3) is 0 Å². The summed E-state index contributed by atoms with van der Waals surface area (Å²) in [7, 11) is 0. The monoisotopic (exact) mass is 361 g/mol. The quantitative estimate of drug-likeness (QED) is 0.489. The Bertz CT molecular complexity index is 1050. The standard InChI is InChI=1S/C21H19N3O3/c1-12-7-10-15-16(11-12)23-18(19(25)13-8-9-13)17(15)24-21(27)20(26)22-14-5-3-2-4-6-14/h2-7,10-11,13,23H,8-9H2,1H3,(H,22,26)(H,24,27). The number of carbonyl (C=O) groups is 3. The van der Waals surface area contributed by atoms with Crippen LogP contribution in [0.25, 0.3) is 10.9 Å². The van der Waals surface area contributed by atoms with Gasteiger partial charge >= 0.3 is 11.8 Å². The van der Waals surface area contributed by atoms with E-state index in [1.54, 1.807) is 24.3 Å². The van der Waals surface area contributed by atoms with E-state index in [0.717, 1.165) is 23.9 Å². The second-order valence-electron chi connectivity index (χ2n) is 6.84. The fraction of sp³-hybridized carbons (Fsp3) is 0.190. The minimum atomic E-state index is -0.815. The second-order valence-corrected chi connectivity index (χ2v) is 6.84. The number of benzene rings is 2. The van der Waals surface area contributed by atoms with Crippen molar-refractivity contribution in [2.45, 2.75) is 19.8 Å². The van der Waals surface area contributed by atoms with Crippen molar-refractivity contribution in [2.24, 2.45) is 5.92 Å². The SMILES string of the molecule is Cc1ccc2c(NC(=O)C(=O)Nc3ccccc3)c(C(=O)C3CC3)[nH]c2c1. The van der Waals surface area contributed by atoms with Crippen molar-refractivity contribution in [1.82, 2.24) is 4.98 Å². The van der Waals surface area contributed by atoms with Crippen molar-refractivity contribution in [3.05, 3.63) is 59.8 Å². The Morgan fingerprint density at radius 3 is 2.37 bits per heavy atom. The van der Waals surface area contributed by atoms with Crippen molar-refractivity contribution in [1.29, 1.82) is 0 Å². The van der Waals surface area contributed by atoms with E-state index >= 15 is 0 Å². The number of aromatic nitrogens is 1. The third-order valence-corrected chi connectivity index (χ3v) is 4.63. The lowest BCUT2D eigenvalue weighted by molar-refractivity contribution is -0.132. The van der Waals surface area contributed by atoms with Crippen molar-refractivity contribution in [2.75, 3.05) is 10.6 Å². The molecule has 0 aliphatic heterocycles. The Kier molecular flexibility index (Phi) is 4.24. The number of aromatic amines is 1. The minimum absolute atomic E-state index is 0.00652. The molecule has 3 aromatic rings. The highest BCUT2D eigenvalue weighted by molar-refractivity contribution is 6.44. The van der Waals surface area contributed by atoms with Crippen LogP contribution in [0.4, 0.5) is 11.4 Å². The molecule has 0 bridgehead atoms. The first-order valence-electron chi connectivity index (χ1n) is 8.87. The van der Waals surface area contributed by atoms with Gasteiger partial charge in [-0.25, -0.2) is 0 Å². The van der Waals surface area contributed by atoms with Crippen LogP contribution in [0.2, 0.25) is 0 Å². The summed E-state index contributed by atoms with van der Waals surface area (Å²) >= 11 is 0. The van der Waals surface area contributed by atoms with Crippen LogP contribution in [0.3, 0.4) is 0 Å². The van der Waals surface area contributed by atoms with E-state index in [9.17, 15) is 14.4 Å². The van der Waals surface area contributed by atoms with Gasteiger partial charge in [0.05, 0.1) is 5.69 Å². The number of amides is 2. The molecule has 1 aliphatic carbocycles. The third-order valence-electron chi connectivity index (χ3n) is 4.63. The average Bonchev–Trinajstić information content (AvgIpc) is 3.45. The van der Waals surface area contributed by atoms with Gasteiger partial charge in [0.15, 0.2) is 5.78 Å². The number of hydrogen-bond donors (Lipinski definition) is 3. The maximum atomic E-state index is 12.6. The van der Waals surface area contributed by atoms with Crippen LogP contribution in [-0.2, 0) is 9.59 Å². The molecule has 1 saturated carbocycles. The maximum Gasteiger partial charge on any atom is 0.314 e. The molecule has 136 valence electrons. The summed E-state index contributed by atoms with van der Waals surface area (Å²) in [6, 6.07) is 14.4. The largest absolute Gasteiger partial charge is 0.350 e. The van der Waals surface area contributed by atoms with Gasteiger partial charge < -0.3 is 15.6 Å². The van der Waals surface area contributed by atoms with Crippen LogP contribution in [0.5, 0.6) is 0 Å². The summed E-state index contributed by atoms with van der Waals surface area (Å²) in [4.78, 5) is 40.4. The number of anilines is 2. The predicted molar refractivity (Wildman–Crippen MR) is 104 cm³/mol. The van der Waals surface area contributed by atoms with E-state index in [4.69, 9.17) is 0 Å². The Balaban J connectivity index is 1.63. The number of aryl methyl sites for hydroxylation is 1. The fourth-order valence-electron chi connectivity index (χ4n) is 3.06. The molecule has 1 aromatic heterocycles. The van der Waals surface area contributed by atoms with E-state index in [1.807, 2.05) is 31.2 Å². The molecule has 1 aliphatic rings. The van der Waals surface area contributed by atoms with Crippen molar-refractivity contribution < 1.29 is 14.4 Å². The van der Waals surface area contributed by atoms with Gasteiger partial charge in [0.1, 0.15) is 5.69 Å². The van der Waals surface area contributed by atoms with Gasteiger partial charge in [0, 0.05) is 22.5 Å². The molecule has 3 N–H and O–H groups in total. The molecule has 6 nitrogen and oxygen atoms in total. The van der Waals surface area contributed by atoms with E-state index in [0.29, 0.717) is 22.5 Å². The van der Waals surface area contributed by atoms with Gasteiger partial charge in [0.2, 0.25) is 0 Å². The molecule has 1 heterocycles. The summed E-state index contributed by atoms with van der Waals surface area (Å²) < 4.78 is 0. The molecule has 2 amide bonds. The Morgan fingerprint density at radius 1 is 0.963 bits per heavy atom. The van der Waals surface area contributed by atoms with Crippen molar-refractivity contribution in [3.8, 4) is 0 Å². The first kappa shape index (κ1) is 17.0. The van der Waals surface area contributed by atoms with E-state index in [-0.39, 0.29) is 11.7 Å². The fourth-order valence-corrected chi connectivity index (χ4v) is 3.06. The molecule has 0 unspecified atom stereocenters. The van der Waals surface area contributed by atoms with Crippen LogP contribution in [-0.4, -0.2) is 22.6 Å². The van der Waals surface area contributed by atoms with Crippen LogP contribution < -0.4 is 10.6 Å². The summed E-state index contributed by atoms with van der Waals surface area (Å²) in [6.45, 7) is 1.95. The highest BCUT2D eigenvalue weighted by atomic mass is 16.2. The summed E-state index contributed by atoms with van der Waals surface area (Å²) in [6.07, 6.45) is 1.71. The Labute approximate surface area is 156 Å². The van der Waals surface area contributed by atoms with Crippen LogP contribution in [0, 0.1) is 12.8 Å². The number of nitrogens with one attached hydrogen (secondary N) is 3. The highest BCUT2D eigenvalue weighted by Crippen LogP contribution is 2.37. The molecule has 0 radical (unpaired) electrons. The normalized spacial score (nSPS) is 13.4. The number of rotatable bonds is 4. The molecule has 0 spiro atoms. The van der Waals surface area contributed by atoms with Crippen LogP contribution in [0.1, 0.15) is 28.9 Å². The maximum absolute atomic E-state index is 12.6. The lowest BCUT2D eigenvalue weighted by Gasteiger charge is -2.08. The molecule has 0 saturated heterocycles. The van der Waals surface area contributed by atoms with Crippen molar-refractivity contribution in [3.63, 3.8) is 0 Å². The predicted octanol–water partition coefficient (Wildman–Crippen LogP) is 3.65. The molecule has 1 fully saturated rings. The molecule has 4 rings (SSSR count). The summed E-state index contributed by atoms with van der Waals surface area (Å²) in [5, 5.41) is 5.90. The highest BCUT2D eigenvalue weighted by Gasteiger charge is 2.34. The summed E-state index contributed by atoms with van der Waals surface area (Å²) in [5.74, 6) is -1.63. The number of para-hydroxylation sites is 1. The Hall–Kier alpha value is -3.41. The number of Topliss-reactive ketones (excluding diaryl/α,β-unsaturated/α-hetero) is 1. The molecule has 27 heavy (non-hydrogen) atoms. The second kappa shape index (κ2) is 6.72. The van der Waals surface area contributed by atoms with Crippen LogP contribution in [0.15, 0.2) is 48.5 Å². The van der Waals surface area contributed by atoms with E-state index in [2.05, 4.69) is 15.6 Å². The molecular formula is C21H19N3O3. The van der Waals surface area contributed by atoms with Gasteiger partial charge in [-0.1, -0.05) is 30.3 Å². The number of hydrogen-bond acceptors (Lipinski definition) is 3. The number of carbonyl (C=O) groups excluding carboxylic acids is 3. The van der Waals surface area contributed by atoms with E-state index < -0.39 is 11.8 Å². The smallest absolute Gasteiger partial charge is 0.314 e. The minimum Gasteiger partial charge on any atom is -0.350 e. The molecular weight excluding hydrogens is 342 g/mol. The Morgan fingerprint density at radius 2 is 1.67 bits per heavy atom.